The highest BCUT2D eigenvalue weighted by Crippen LogP contribution is 2.28. The number of hydrogen-bond donors (Lipinski definition) is 0. The average Bonchev–Trinajstić information content (AvgIpc) is 2.52. The first-order chi connectivity index (χ1) is 7.44. The van der Waals surface area contributed by atoms with Crippen LogP contribution in [0.3, 0.4) is 0 Å². The molecule has 4 heteroatoms. The SMILES string of the molecule is CC1=Cc2ccc(OCC(F)(F)F)cc2C1. The number of benzene rings is 1. The Hall–Kier alpha value is -1.45. The lowest BCUT2D eigenvalue weighted by Crippen LogP contribution is -2.19. The van der Waals surface area contributed by atoms with Gasteiger partial charge in [0.15, 0.2) is 6.61 Å². The molecule has 0 saturated heterocycles. The molecule has 0 radical (unpaired) electrons. The van der Waals surface area contributed by atoms with Crippen molar-refractivity contribution < 1.29 is 17.9 Å². The van der Waals surface area contributed by atoms with Gasteiger partial charge in [0.05, 0.1) is 0 Å². The molecule has 1 aliphatic rings. The Balaban J connectivity index is 2.08. The van der Waals surface area contributed by atoms with Crippen molar-refractivity contribution in [1.29, 1.82) is 0 Å². The lowest BCUT2D eigenvalue weighted by Gasteiger charge is -2.10. The predicted octanol–water partition coefficient (Wildman–Crippen LogP) is 3.59. The van der Waals surface area contributed by atoms with Crippen LogP contribution in [0.4, 0.5) is 13.2 Å². The standard InChI is InChI=1S/C12H11F3O/c1-8-4-9-2-3-11(6-10(9)5-8)16-7-12(13,14)15/h2-4,6H,5,7H2,1H3. The van der Waals surface area contributed by atoms with Gasteiger partial charge in [0.2, 0.25) is 0 Å². The zero-order chi connectivity index (χ0) is 11.8. The summed E-state index contributed by atoms with van der Waals surface area (Å²) in [6.45, 7) is 0.758. The Labute approximate surface area is 91.5 Å². The van der Waals surface area contributed by atoms with Gasteiger partial charge in [-0.3, -0.25) is 0 Å². The van der Waals surface area contributed by atoms with E-state index in [-0.39, 0.29) is 5.75 Å². The minimum atomic E-state index is -4.28. The van der Waals surface area contributed by atoms with E-state index in [0.29, 0.717) is 0 Å². The summed E-state index contributed by atoms with van der Waals surface area (Å²) in [5.74, 6) is 0.277. The number of alkyl halides is 3. The summed E-state index contributed by atoms with van der Waals surface area (Å²) in [5, 5.41) is 0. The van der Waals surface area contributed by atoms with E-state index in [1.165, 1.54) is 5.57 Å². The van der Waals surface area contributed by atoms with Crippen LogP contribution in [0.1, 0.15) is 18.1 Å². The van der Waals surface area contributed by atoms with E-state index in [1.54, 1.807) is 18.2 Å². The van der Waals surface area contributed by atoms with E-state index in [4.69, 9.17) is 0 Å². The number of ether oxygens (including phenoxy) is 1. The number of halogens is 3. The summed E-state index contributed by atoms with van der Waals surface area (Å²) in [6, 6.07) is 5.03. The lowest BCUT2D eigenvalue weighted by atomic mass is 10.1. The third kappa shape index (κ3) is 2.56. The van der Waals surface area contributed by atoms with Crippen LogP contribution < -0.4 is 4.74 Å². The second kappa shape index (κ2) is 3.85. The van der Waals surface area contributed by atoms with Crippen molar-refractivity contribution in [3.8, 4) is 5.75 Å². The fourth-order valence-corrected chi connectivity index (χ4v) is 1.75. The number of allylic oxidation sites excluding steroid dienone is 1. The molecule has 86 valence electrons. The Morgan fingerprint density at radius 2 is 2.06 bits per heavy atom. The summed E-state index contributed by atoms with van der Waals surface area (Å²) >= 11 is 0. The molecular formula is C12H11F3O. The molecule has 0 fully saturated rings. The van der Waals surface area contributed by atoms with Crippen molar-refractivity contribution >= 4 is 6.08 Å². The molecule has 0 aromatic heterocycles. The van der Waals surface area contributed by atoms with Crippen molar-refractivity contribution in [2.45, 2.75) is 19.5 Å². The third-order valence-corrected chi connectivity index (χ3v) is 2.39. The molecule has 1 aromatic rings. The normalized spacial score (nSPS) is 14.6. The van der Waals surface area contributed by atoms with Crippen LogP contribution in [0.5, 0.6) is 5.75 Å². The highest BCUT2D eigenvalue weighted by Gasteiger charge is 2.28. The van der Waals surface area contributed by atoms with Crippen molar-refractivity contribution in [1.82, 2.24) is 0 Å². The second-order valence-corrected chi connectivity index (χ2v) is 3.93. The largest absolute Gasteiger partial charge is 0.484 e. The lowest BCUT2D eigenvalue weighted by molar-refractivity contribution is -0.153. The monoisotopic (exact) mass is 228 g/mol. The minimum absolute atomic E-state index is 0.277. The zero-order valence-electron chi connectivity index (χ0n) is 8.77. The summed E-state index contributed by atoms with van der Waals surface area (Å²) in [6.07, 6.45) is -1.46. The smallest absolute Gasteiger partial charge is 0.422 e. The maximum atomic E-state index is 11.9. The Morgan fingerprint density at radius 1 is 1.31 bits per heavy atom. The summed E-state index contributed by atoms with van der Waals surface area (Å²) in [5.41, 5.74) is 3.30. The van der Waals surface area contributed by atoms with Gasteiger partial charge in [-0.15, -0.1) is 0 Å². The highest BCUT2D eigenvalue weighted by atomic mass is 19.4. The van der Waals surface area contributed by atoms with Crippen molar-refractivity contribution in [2.75, 3.05) is 6.61 Å². The molecule has 1 nitrogen and oxygen atoms in total. The molecule has 0 heterocycles. The maximum absolute atomic E-state index is 11.9. The molecule has 0 aliphatic heterocycles. The van der Waals surface area contributed by atoms with Crippen LogP contribution >= 0.6 is 0 Å². The van der Waals surface area contributed by atoms with Gasteiger partial charge in [-0.1, -0.05) is 17.7 Å². The average molecular weight is 228 g/mol. The van der Waals surface area contributed by atoms with Crippen molar-refractivity contribution in [3.63, 3.8) is 0 Å². The van der Waals surface area contributed by atoms with Crippen LogP contribution in [0.15, 0.2) is 23.8 Å². The Morgan fingerprint density at radius 3 is 2.75 bits per heavy atom. The number of fused-ring (bicyclic) bond motifs is 1. The Kier molecular flexibility index (Phi) is 2.66. The predicted molar refractivity (Wildman–Crippen MR) is 55.3 cm³/mol. The first-order valence-electron chi connectivity index (χ1n) is 4.94. The van der Waals surface area contributed by atoms with Crippen LogP contribution in [0.25, 0.3) is 6.08 Å². The van der Waals surface area contributed by atoms with E-state index < -0.39 is 12.8 Å². The topological polar surface area (TPSA) is 9.23 Å². The summed E-state index contributed by atoms with van der Waals surface area (Å²) in [7, 11) is 0. The quantitative estimate of drug-likeness (QED) is 0.751. The summed E-state index contributed by atoms with van der Waals surface area (Å²) < 4.78 is 40.5. The van der Waals surface area contributed by atoms with Gasteiger partial charge in [0.1, 0.15) is 5.75 Å². The maximum Gasteiger partial charge on any atom is 0.422 e. The second-order valence-electron chi connectivity index (χ2n) is 3.93. The zero-order valence-corrected chi connectivity index (χ0v) is 8.77. The van der Waals surface area contributed by atoms with Gasteiger partial charge < -0.3 is 4.74 Å². The molecule has 0 amide bonds. The van der Waals surface area contributed by atoms with Crippen LogP contribution in [0.2, 0.25) is 0 Å². The van der Waals surface area contributed by atoms with Crippen LogP contribution in [-0.4, -0.2) is 12.8 Å². The molecule has 0 unspecified atom stereocenters. The molecule has 0 saturated carbocycles. The van der Waals surface area contributed by atoms with E-state index in [2.05, 4.69) is 4.74 Å². The molecule has 0 bridgehead atoms. The fourth-order valence-electron chi connectivity index (χ4n) is 1.75. The van der Waals surface area contributed by atoms with Crippen molar-refractivity contribution in [3.05, 3.63) is 34.9 Å². The molecule has 0 atom stereocenters. The van der Waals surface area contributed by atoms with E-state index >= 15 is 0 Å². The molecule has 1 aromatic carbocycles. The van der Waals surface area contributed by atoms with Gasteiger partial charge in [-0.25, -0.2) is 0 Å². The van der Waals surface area contributed by atoms with Gasteiger partial charge in [-0.05, 0) is 36.6 Å². The third-order valence-electron chi connectivity index (χ3n) is 2.39. The first-order valence-corrected chi connectivity index (χ1v) is 4.94. The van der Waals surface area contributed by atoms with Gasteiger partial charge in [0.25, 0.3) is 0 Å². The van der Waals surface area contributed by atoms with Gasteiger partial charge in [-0.2, -0.15) is 13.2 Å². The van der Waals surface area contributed by atoms with Gasteiger partial charge >= 0.3 is 6.18 Å². The van der Waals surface area contributed by atoms with E-state index in [9.17, 15) is 13.2 Å². The molecular weight excluding hydrogens is 217 g/mol. The number of hydrogen-bond acceptors (Lipinski definition) is 1. The highest BCUT2D eigenvalue weighted by molar-refractivity contribution is 5.64. The molecule has 0 spiro atoms. The van der Waals surface area contributed by atoms with E-state index in [1.807, 2.05) is 13.0 Å². The fraction of sp³-hybridized carbons (Fsp3) is 0.333. The minimum Gasteiger partial charge on any atom is -0.484 e. The molecule has 2 rings (SSSR count). The molecule has 0 N–H and O–H groups in total. The van der Waals surface area contributed by atoms with Crippen molar-refractivity contribution in [2.24, 2.45) is 0 Å². The van der Waals surface area contributed by atoms with E-state index in [0.717, 1.165) is 17.5 Å². The van der Waals surface area contributed by atoms with Crippen LogP contribution in [0, 0.1) is 0 Å². The first kappa shape index (κ1) is 11.0. The van der Waals surface area contributed by atoms with Gasteiger partial charge in [0, 0.05) is 0 Å². The Bertz CT molecular complexity index is 432. The number of rotatable bonds is 2. The molecule has 1 aliphatic carbocycles. The summed E-state index contributed by atoms with van der Waals surface area (Å²) in [4.78, 5) is 0. The molecule has 16 heavy (non-hydrogen) atoms. The van der Waals surface area contributed by atoms with Crippen LogP contribution in [-0.2, 0) is 6.42 Å².